The van der Waals surface area contributed by atoms with E-state index >= 15 is 0 Å². The lowest BCUT2D eigenvalue weighted by Crippen LogP contribution is -2.05. The molecule has 0 spiro atoms. The lowest BCUT2D eigenvalue weighted by Gasteiger charge is -2.12. The van der Waals surface area contributed by atoms with E-state index < -0.39 is 0 Å². The van der Waals surface area contributed by atoms with Gasteiger partial charge in [0, 0.05) is 49.3 Å². The van der Waals surface area contributed by atoms with Gasteiger partial charge in [-0.3, -0.25) is 4.57 Å². The minimum Gasteiger partial charge on any atom is -0.309 e. The molecule has 0 aliphatic heterocycles. The lowest BCUT2D eigenvalue weighted by molar-refractivity contribution is 0.946. The first-order valence-electron chi connectivity index (χ1n) is 17.1. The van der Waals surface area contributed by atoms with Crippen LogP contribution in [0.4, 0.5) is 0 Å². The monoisotopic (exact) mass is 652 g/mol. The van der Waals surface area contributed by atoms with E-state index in [4.69, 9.17) is 15.0 Å². The Kier molecular flexibility index (Phi) is 5.86. The number of para-hydroxylation sites is 5. The fraction of sp³-hybridized carbons (Fsp3) is 0. The highest BCUT2D eigenvalue weighted by Gasteiger charge is 2.22. The molecule has 4 heterocycles. The van der Waals surface area contributed by atoms with Crippen molar-refractivity contribution >= 4 is 65.4 Å². The molecule has 0 amide bonds. The quantitative estimate of drug-likeness (QED) is 0.190. The van der Waals surface area contributed by atoms with E-state index in [9.17, 15) is 0 Å². The summed E-state index contributed by atoms with van der Waals surface area (Å²) in [4.78, 5) is 14.8. The molecule has 0 atom stereocenters. The third-order valence-corrected chi connectivity index (χ3v) is 10.2. The highest BCUT2D eigenvalue weighted by atomic mass is 15.2. The van der Waals surface area contributed by atoms with Crippen LogP contribution in [-0.4, -0.2) is 28.7 Å². The van der Waals surface area contributed by atoms with Crippen molar-refractivity contribution in [1.82, 2.24) is 28.7 Å². The molecule has 6 heteroatoms. The summed E-state index contributed by atoms with van der Waals surface area (Å²) in [5, 5.41) is 7.13. The second kappa shape index (κ2) is 10.7. The van der Waals surface area contributed by atoms with Crippen LogP contribution in [0.5, 0.6) is 0 Å². The molecular formula is C45H28N6. The molecule has 0 fully saturated rings. The van der Waals surface area contributed by atoms with Gasteiger partial charge in [-0.2, -0.15) is 4.98 Å². The van der Waals surface area contributed by atoms with Gasteiger partial charge in [-0.25, -0.2) is 9.97 Å². The van der Waals surface area contributed by atoms with Crippen molar-refractivity contribution in [2.45, 2.75) is 0 Å². The van der Waals surface area contributed by atoms with Gasteiger partial charge in [0.2, 0.25) is 5.95 Å². The average Bonchev–Trinajstić information content (AvgIpc) is 3.84. The zero-order chi connectivity index (χ0) is 33.5. The van der Waals surface area contributed by atoms with Crippen molar-refractivity contribution in [3.05, 3.63) is 170 Å². The maximum Gasteiger partial charge on any atom is 0.238 e. The van der Waals surface area contributed by atoms with Gasteiger partial charge in [0.25, 0.3) is 0 Å². The van der Waals surface area contributed by atoms with Crippen molar-refractivity contribution in [3.8, 4) is 28.7 Å². The summed E-state index contributed by atoms with van der Waals surface area (Å²) >= 11 is 0. The summed E-state index contributed by atoms with van der Waals surface area (Å²) in [6.45, 7) is 0. The number of nitrogens with zero attached hydrogens (tertiary/aromatic N) is 6. The van der Waals surface area contributed by atoms with Gasteiger partial charge in [-0.15, -0.1) is 0 Å². The van der Waals surface area contributed by atoms with Crippen LogP contribution in [-0.2, 0) is 0 Å². The van der Waals surface area contributed by atoms with Gasteiger partial charge in [0.15, 0.2) is 5.82 Å². The normalized spacial score (nSPS) is 11.9. The van der Waals surface area contributed by atoms with E-state index in [-0.39, 0.29) is 0 Å². The lowest BCUT2D eigenvalue weighted by atomic mass is 10.1. The topological polar surface area (TPSA) is 53.5 Å². The molecule has 0 saturated carbocycles. The molecule has 11 aromatic rings. The molecule has 0 bridgehead atoms. The minimum absolute atomic E-state index is 0.575. The summed E-state index contributed by atoms with van der Waals surface area (Å²) in [6, 6.07) is 57.9. The average molecular weight is 653 g/mol. The minimum atomic E-state index is 0.575. The first kappa shape index (κ1) is 27.9. The molecule has 0 radical (unpaired) electrons. The first-order chi connectivity index (χ1) is 25.3. The van der Waals surface area contributed by atoms with Gasteiger partial charge in [0.1, 0.15) is 6.33 Å². The summed E-state index contributed by atoms with van der Waals surface area (Å²) in [5.74, 6) is 1.19. The highest BCUT2D eigenvalue weighted by Crippen LogP contribution is 2.41. The zero-order valence-electron chi connectivity index (χ0n) is 27.3. The van der Waals surface area contributed by atoms with Crippen molar-refractivity contribution in [3.63, 3.8) is 0 Å². The Bertz CT molecular complexity index is 3090. The molecular weight excluding hydrogens is 625 g/mol. The van der Waals surface area contributed by atoms with Gasteiger partial charge in [-0.1, -0.05) is 115 Å². The second-order valence-electron chi connectivity index (χ2n) is 12.9. The fourth-order valence-corrected chi connectivity index (χ4v) is 8.07. The van der Waals surface area contributed by atoms with Crippen LogP contribution in [0.15, 0.2) is 170 Å². The number of hydrogen-bond acceptors (Lipinski definition) is 3. The molecule has 6 nitrogen and oxygen atoms in total. The number of hydrogen-bond donors (Lipinski definition) is 0. The van der Waals surface area contributed by atoms with Crippen LogP contribution in [0.2, 0.25) is 0 Å². The van der Waals surface area contributed by atoms with E-state index in [0.717, 1.165) is 60.8 Å². The van der Waals surface area contributed by atoms with Crippen molar-refractivity contribution in [2.75, 3.05) is 0 Å². The first-order valence-corrected chi connectivity index (χ1v) is 17.1. The maximum atomic E-state index is 5.22. The molecule has 4 aromatic heterocycles. The van der Waals surface area contributed by atoms with Crippen LogP contribution >= 0.6 is 0 Å². The van der Waals surface area contributed by atoms with Crippen LogP contribution in [0.25, 0.3) is 94.1 Å². The molecule has 0 N–H and O–H groups in total. The summed E-state index contributed by atoms with van der Waals surface area (Å²) < 4.78 is 6.91. The van der Waals surface area contributed by atoms with Crippen molar-refractivity contribution in [1.29, 1.82) is 0 Å². The number of fused-ring (bicyclic) bond motifs is 10. The molecule has 0 aliphatic rings. The second-order valence-corrected chi connectivity index (χ2v) is 12.9. The number of aromatic nitrogens is 6. The third kappa shape index (κ3) is 4.01. The standard InChI is InChI=1S/C45H28N6/c1-2-14-30(15-3-1)50-40-23-10-6-19-34(40)36-25-26-37-35-20-7-11-24-41(35)51(43(37)42(36)50)45-47-28-46-44(48-45)29-13-12-16-31(27-29)49-38-21-8-4-17-32(38)33-18-5-9-22-39(33)49/h1-28H. The van der Waals surface area contributed by atoms with Crippen LogP contribution in [0.1, 0.15) is 0 Å². The molecule has 0 unspecified atom stereocenters. The predicted octanol–water partition coefficient (Wildman–Crippen LogP) is 10.8. The smallest absolute Gasteiger partial charge is 0.238 e. The Labute approximate surface area is 292 Å². The van der Waals surface area contributed by atoms with Gasteiger partial charge in [-0.05, 0) is 48.5 Å². The van der Waals surface area contributed by atoms with E-state index in [1.807, 2.05) is 0 Å². The Morgan fingerprint density at radius 2 is 0.843 bits per heavy atom. The van der Waals surface area contributed by atoms with Crippen molar-refractivity contribution < 1.29 is 0 Å². The molecule has 51 heavy (non-hydrogen) atoms. The summed E-state index contributed by atoms with van der Waals surface area (Å²) in [6.07, 6.45) is 1.64. The summed E-state index contributed by atoms with van der Waals surface area (Å²) in [5.41, 5.74) is 9.77. The Hall–Kier alpha value is -7.05. The third-order valence-electron chi connectivity index (χ3n) is 10.2. The Morgan fingerprint density at radius 1 is 0.353 bits per heavy atom. The van der Waals surface area contributed by atoms with Crippen LogP contribution < -0.4 is 0 Å². The van der Waals surface area contributed by atoms with E-state index in [2.05, 4.69) is 177 Å². The van der Waals surface area contributed by atoms with E-state index in [1.165, 1.54) is 21.5 Å². The zero-order valence-corrected chi connectivity index (χ0v) is 27.3. The van der Waals surface area contributed by atoms with Crippen molar-refractivity contribution in [2.24, 2.45) is 0 Å². The SMILES string of the molecule is c1ccc(-n2c3ccccc3c3ccc4c5ccccc5n(-c5ncnc(-c6cccc(-n7c8ccccc8c8ccccc87)c6)n5)c4c32)cc1. The van der Waals surface area contributed by atoms with Gasteiger partial charge in [0.05, 0.1) is 33.1 Å². The number of benzene rings is 7. The summed E-state index contributed by atoms with van der Waals surface area (Å²) in [7, 11) is 0. The fourth-order valence-electron chi connectivity index (χ4n) is 8.07. The molecule has 238 valence electrons. The molecule has 11 rings (SSSR count). The molecule has 7 aromatic carbocycles. The van der Waals surface area contributed by atoms with Gasteiger partial charge >= 0.3 is 0 Å². The predicted molar refractivity (Wildman–Crippen MR) is 208 cm³/mol. The van der Waals surface area contributed by atoms with E-state index in [0.29, 0.717) is 11.8 Å². The van der Waals surface area contributed by atoms with Crippen LogP contribution in [0.3, 0.4) is 0 Å². The maximum absolute atomic E-state index is 5.22. The largest absolute Gasteiger partial charge is 0.309 e. The number of rotatable bonds is 4. The van der Waals surface area contributed by atoms with Gasteiger partial charge < -0.3 is 9.13 Å². The molecule has 0 saturated heterocycles. The Morgan fingerprint density at radius 3 is 1.47 bits per heavy atom. The highest BCUT2D eigenvalue weighted by molar-refractivity contribution is 6.23. The molecule has 0 aliphatic carbocycles. The Balaban J connectivity index is 1.17. The van der Waals surface area contributed by atoms with E-state index in [1.54, 1.807) is 6.33 Å². The van der Waals surface area contributed by atoms with Crippen LogP contribution in [0, 0.1) is 0 Å².